The van der Waals surface area contributed by atoms with E-state index in [1.165, 1.54) is 15.6 Å². The van der Waals surface area contributed by atoms with Crippen molar-refractivity contribution >= 4 is 28.3 Å². The van der Waals surface area contributed by atoms with Gasteiger partial charge in [0.15, 0.2) is 0 Å². The molecule has 1 atom stereocenters. The molecule has 0 bridgehead atoms. The molecule has 1 fully saturated rings. The van der Waals surface area contributed by atoms with Crippen LogP contribution in [0, 0.1) is 6.92 Å². The standard InChI is InChI=1S/C13H19BrN2O.ClH/c1-10-6-11(2-3-13(10)14)8-16-4-5-17-12(7-15)9-16;/h2-3,6,12H,4-5,7-9,15H2,1H3;1H. The fourth-order valence-electron chi connectivity index (χ4n) is 2.13. The molecule has 2 N–H and O–H groups in total. The Balaban J connectivity index is 0.00000162. The molecule has 1 aliphatic rings. The molecule has 1 saturated heterocycles. The molecule has 5 heteroatoms. The summed E-state index contributed by atoms with van der Waals surface area (Å²) in [4.78, 5) is 2.41. The van der Waals surface area contributed by atoms with Crippen LogP contribution in [0.5, 0.6) is 0 Å². The van der Waals surface area contributed by atoms with Gasteiger partial charge < -0.3 is 10.5 Å². The average molecular weight is 336 g/mol. The maximum absolute atomic E-state index is 5.64. The smallest absolute Gasteiger partial charge is 0.0824 e. The molecule has 0 saturated carbocycles. The number of hydrogen-bond acceptors (Lipinski definition) is 3. The van der Waals surface area contributed by atoms with Crippen LogP contribution in [-0.4, -0.2) is 37.2 Å². The molecule has 0 aromatic heterocycles. The molecule has 0 radical (unpaired) electrons. The minimum absolute atomic E-state index is 0. The van der Waals surface area contributed by atoms with Gasteiger partial charge in [0.1, 0.15) is 0 Å². The number of morpholine rings is 1. The first kappa shape index (κ1) is 15.9. The second kappa shape index (κ2) is 7.46. The Morgan fingerprint density at radius 3 is 2.94 bits per heavy atom. The van der Waals surface area contributed by atoms with E-state index < -0.39 is 0 Å². The van der Waals surface area contributed by atoms with Crippen LogP contribution in [0.1, 0.15) is 11.1 Å². The third-order valence-corrected chi connectivity index (χ3v) is 4.00. The molecule has 0 aliphatic carbocycles. The maximum atomic E-state index is 5.64. The van der Waals surface area contributed by atoms with Gasteiger partial charge in [-0.2, -0.15) is 0 Å². The quantitative estimate of drug-likeness (QED) is 0.921. The van der Waals surface area contributed by atoms with E-state index in [1.807, 2.05) is 0 Å². The lowest BCUT2D eigenvalue weighted by Crippen LogP contribution is -2.45. The van der Waals surface area contributed by atoms with Crippen LogP contribution in [0.25, 0.3) is 0 Å². The minimum Gasteiger partial charge on any atom is -0.374 e. The van der Waals surface area contributed by atoms with Gasteiger partial charge in [-0.3, -0.25) is 4.90 Å². The molecule has 102 valence electrons. The van der Waals surface area contributed by atoms with Gasteiger partial charge >= 0.3 is 0 Å². The first-order valence-corrected chi connectivity index (χ1v) is 6.77. The van der Waals surface area contributed by atoms with Gasteiger partial charge in [0.25, 0.3) is 0 Å². The number of rotatable bonds is 3. The molecule has 18 heavy (non-hydrogen) atoms. The Hall–Kier alpha value is -0.130. The normalized spacial score (nSPS) is 20.5. The Kier molecular flexibility index (Phi) is 6.60. The van der Waals surface area contributed by atoms with Crippen LogP contribution in [0.3, 0.4) is 0 Å². The van der Waals surface area contributed by atoms with Crippen LogP contribution in [0.4, 0.5) is 0 Å². The monoisotopic (exact) mass is 334 g/mol. The van der Waals surface area contributed by atoms with E-state index in [2.05, 4.69) is 46.0 Å². The van der Waals surface area contributed by atoms with Crippen LogP contribution in [0.15, 0.2) is 22.7 Å². The summed E-state index contributed by atoms with van der Waals surface area (Å²) in [6.45, 7) is 6.42. The summed E-state index contributed by atoms with van der Waals surface area (Å²) in [6, 6.07) is 6.52. The first-order chi connectivity index (χ1) is 8.19. The van der Waals surface area contributed by atoms with Crippen LogP contribution in [-0.2, 0) is 11.3 Å². The SMILES string of the molecule is Cc1cc(CN2CCOC(CN)C2)ccc1Br.Cl. The second-order valence-corrected chi connectivity index (χ2v) is 5.40. The number of hydrogen-bond donors (Lipinski definition) is 1. The highest BCUT2D eigenvalue weighted by molar-refractivity contribution is 9.10. The largest absolute Gasteiger partial charge is 0.374 e. The van der Waals surface area contributed by atoms with Gasteiger partial charge in [0, 0.05) is 30.7 Å². The fraction of sp³-hybridized carbons (Fsp3) is 0.538. The number of halogens is 2. The molecule has 2 rings (SSSR count). The second-order valence-electron chi connectivity index (χ2n) is 4.55. The lowest BCUT2D eigenvalue weighted by Gasteiger charge is -2.32. The van der Waals surface area contributed by atoms with E-state index in [0.717, 1.165) is 26.2 Å². The minimum atomic E-state index is 0. The van der Waals surface area contributed by atoms with Crippen molar-refractivity contribution in [2.24, 2.45) is 5.73 Å². The van der Waals surface area contributed by atoms with Crippen LogP contribution >= 0.6 is 28.3 Å². The lowest BCUT2D eigenvalue weighted by atomic mass is 10.1. The van der Waals surface area contributed by atoms with Gasteiger partial charge in [-0.1, -0.05) is 28.1 Å². The summed E-state index contributed by atoms with van der Waals surface area (Å²) in [7, 11) is 0. The molecule has 0 spiro atoms. The molecule has 1 aromatic rings. The lowest BCUT2D eigenvalue weighted by molar-refractivity contribution is -0.0260. The molecule has 1 aliphatic heterocycles. The van der Waals surface area contributed by atoms with Gasteiger partial charge in [-0.15, -0.1) is 12.4 Å². The van der Waals surface area contributed by atoms with Crippen molar-refractivity contribution in [1.82, 2.24) is 4.90 Å². The third-order valence-electron chi connectivity index (χ3n) is 3.11. The zero-order chi connectivity index (χ0) is 12.3. The average Bonchev–Trinajstić information content (AvgIpc) is 2.34. The van der Waals surface area contributed by atoms with E-state index in [9.17, 15) is 0 Å². The summed E-state index contributed by atoms with van der Waals surface area (Å²) in [5, 5.41) is 0. The van der Waals surface area contributed by atoms with E-state index in [1.54, 1.807) is 0 Å². The Morgan fingerprint density at radius 2 is 2.28 bits per heavy atom. The molecular weight excluding hydrogens is 316 g/mol. The summed E-state index contributed by atoms with van der Waals surface area (Å²) in [5.41, 5.74) is 8.28. The molecule has 0 amide bonds. The maximum Gasteiger partial charge on any atom is 0.0824 e. The zero-order valence-electron chi connectivity index (χ0n) is 10.6. The molecule has 3 nitrogen and oxygen atoms in total. The fourth-order valence-corrected chi connectivity index (χ4v) is 2.38. The van der Waals surface area contributed by atoms with E-state index in [0.29, 0.717) is 6.54 Å². The highest BCUT2D eigenvalue weighted by atomic mass is 79.9. The van der Waals surface area contributed by atoms with E-state index >= 15 is 0 Å². The van der Waals surface area contributed by atoms with E-state index in [-0.39, 0.29) is 18.5 Å². The number of ether oxygens (including phenoxy) is 1. The van der Waals surface area contributed by atoms with Crippen molar-refractivity contribution in [1.29, 1.82) is 0 Å². The number of benzene rings is 1. The van der Waals surface area contributed by atoms with Crippen molar-refractivity contribution in [2.75, 3.05) is 26.2 Å². The van der Waals surface area contributed by atoms with Gasteiger partial charge in [0.2, 0.25) is 0 Å². The van der Waals surface area contributed by atoms with Crippen molar-refractivity contribution in [3.05, 3.63) is 33.8 Å². The molecule has 1 heterocycles. The number of nitrogens with two attached hydrogens (primary N) is 1. The summed E-state index contributed by atoms with van der Waals surface area (Å²) in [5.74, 6) is 0. The molecular formula is C13H20BrClN2O. The highest BCUT2D eigenvalue weighted by Gasteiger charge is 2.19. The zero-order valence-corrected chi connectivity index (χ0v) is 13.0. The predicted molar refractivity (Wildman–Crippen MR) is 80.2 cm³/mol. The number of aryl methyl sites for hydroxylation is 1. The van der Waals surface area contributed by atoms with Crippen LogP contribution in [0.2, 0.25) is 0 Å². The molecule has 1 aromatic carbocycles. The third kappa shape index (κ3) is 4.21. The molecule has 1 unspecified atom stereocenters. The topological polar surface area (TPSA) is 38.5 Å². The summed E-state index contributed by atoms with van der Waals surface area (Å²) in [6.07, 6.45) is 0.195. The first-order valence-electron chi connectivity index (χ1n) is 5.98. The predicted octanol–water partition coefficient (Wildman–Crippen LogP) is 2.34. The Bertz CT molecular complexity index is 389. The Labute approximate surface area is 123 Å². The Morgan fingerprint density at radius 1 is 1.50 bits per heavy atom. The van der Waals surface area contributed by atoms with Crippen molar-refractivity contribution < 1.29 is 4.74 Å². The van der Waals surface area contributed by atoms with Crippen molar-refractivity contribution in [3.63, 3.8) is 0 Å². The van der Waals surface area contributed by atoms with Crippen LogP contribution < -0.4 is 5.73 Å². The van der Waals surface area contributed by atoms with Gasteiger partial charge in [0.05, 0.1) is 12.7 Å². The summed E-state index contributed by atoms with van der Waals surface area (Å²) < 4.78 is 6.73. The van der Waals surface area contributed by atoms with E-state index in [4.69, 9.17) is 10.5 Å². The highest BCUT2D eigenvalue weighted by Crippen LogP contribution is 2.18. The van der Waals surface area contributed by atoms with Gasteiger partial charge in [-0.25, -0.2) is 0 Å². The van der Waals surface area contributed by atoms with Crippen molar-refractivity contribution in [3.8, 4) is 0 Å². The number of nitrogens with zero attached hydrogens (tertiary/aromatic N) is 1. The summed E-state index contributed by atoms with van der Waals surface area (Å²) >= 11 is 3.53. The van der Waals surface area contributed by atoms with Crippen molar-refractivity contribution in [2.45, 2.75) is 19.6 Å². The van der Waals surface area contributed by atoms with Gasteiger partial charge in [-0.05, 0) is 24.1 Å².